The van der Waals surface area contributed by atoms with Crippen LogP contribution in [0.2, 0.25) is 0 Å². The number of imidazole rings is 1. The number of nitrogens with one attached hydrogen (secondary N) is 1. The molecule has 0 saturated heterocycles. The third-order valence-electron chi connectivity index (χ3n) is 4.63. The van der Waals surface area contributed by atoms with E-state index >= 15 is 0 Å². The first-order chi connectivity index (χ1) is 13.2. The molecule has 0 aliphatic carbocycles. The van der Waals surface area contributed by atoms with E-state index in [-0.39, 0.29) is 5.43 Å². The van der Waals surface area contributed by atoms with Gasteiger partial charge in [-0.1, -0.05) is 36.4 Å². The molecule has 2 aromatic carbocycles. The molecule has 0 spiro atoms. The first-order valence-electron chi connectivity index (χ1n) is 8.57. The second-order valence-corrected chi connectivity index (χ2v) is 6.38. The second kappa shape index (κ2) is 5.88. The van der Waals surface area contributed by atoms with Gasteiger partial charge in [0.25, 0.3) is 0 Å². The van der Waals surface area contributed by atoms with Gasteiger partial charge in [-0.3, -0.25) is 4.79 Å². The molecule has 0 unspecified atom stereocenters. The third-order valence-corrected chi connectivity index (χ3v) is 4.63. The van der Waals surface area contributed by atoms with Crippen LogP contribution in [0, 0.1) is 0 Å². The zero-order valence-corrected chi connectivity index (χ0v) is 14.5. The van der Waals surface area contributed by atoms with Crippen molar-refractivity contribution in [3.05, 3.63) is 77.3 Å². The highest BCUT2D eigenvalue weighted by Crippen LogP contribution is 2.31. The van der Waals surface area contributed by atoms with E-state index in [4.69, 9.17) is 9.97 Å². The van der Waals surface area contributed by atoms with Crippen molar-refractivity contribution in [2.45, 2.75) is 0 Å². The Bertz CT molecular complexity index is 1350. The molecule has 0 atom stereocenters. The smallest absolute Gasteiger partial charge is 0.209 e. The highest BCUT2D eigenvalue weighted by Gasteiger charge is 2.15. The summed E-state index contributed by atoms with van der Waals surface area (Å²) in [5, 5.41) is 0. The number of H-pyrrole nitrogens is 1. The standard InChI is InChI=1S/C21H15N5O/c1-26-12-23-15-8-7-14(11-16(15)26)19-18(13-5-3-2-4-6-13)25-21-20(24-19)17(27)9-10-22-21/h2-12H,1H3,(H,22,25,27). The molecule has 130 valence electrons. The summed E-state index contributed by atoms with van der Waals surface area (Å²) in [6.45, 7) is 0. The lowest BCUT2D eigenvalue weighted by atomic mass is 10.0. The molecule has 1 N–H and O–H groups in total. The van der Waals surface area contributed by atoms with Crippen LogP contribution in [0.25, 0.3) is 44.7 Å². The zero-order valence-electron chi connectivity index (χ0n) is 14.5. The topological polar surface area (TPSA) is 76.5 Å². The average Bonchev–Trinajstić information content (AvgIpc) is 3.08. The van der Waals surface area contributed by atoms with E-state index in [1.165, 1.54) is 6.07 Å². The fraction of sp³-hybridized carbons (Fsp3) is 0.0476. The Morgan fingerprint density at radius 1 is 0.926 bits per heavy atom. The number of nitrogens with zero attached hydrogens (tertiary/aromatic N) is 4. The molecule has 0 fully saturated rings. The lowest BCUT2D eigenvalue weighted by Gasteiger charge is -2.10. The van der Waals surface area contributed by atoms with Gasteiger partial charge in [-0.25, -0.2) is 15.0 Å². The molecular formula is C21H15N5O. The molecule has 6 heteroatoms. The van der Waals surface area contributed by atoms with Gasteiger partial charge in [0, 0.05) is 30.4 Å². The lowest BCUT2D eigenvalue weighted by molar-refractivity contribution is 0.948. The average molecular weight is 353 g/mol. The van der Waals surface area contributed by atoms with Crippen LogP contribution in [0.15, 0.2) is 71.9 Å². The highest BCUT2D eigenvalue weighted by atomic mass is 16.1. The van der Waals surface area contributed by atoms with E-state index < -0.39 is 0 Å². The number of aromatic amines is 1. The number of fused-ring (bicyclic) bond motifs is 2. The van der Waals surface area contributed by atoms with Crippen LogP contribution in [0.4, 0.5) is 0 Å². The van der Waals surface area contributed by atoms with Crippen molar-refractivity contribution in [2.75, 3.05) is 0 Å². The molecule has 0 aliphatic heterocycles. The molecule has 0 amide bonds. The molecule has 27 heavy (non-hydrogen) atoms. The first-order valence-corrected chi connectivity index (χ1v) is 8.57. The predicted molar refractivity (Wildman–Crippen MR) is 105 cm³/mol. The van der Waals surface area contributed by atoms with Crippen LogP contribution in [-0.4, -0.2) is 24.5 Å². The third kappa shape index (κ3) is 2.50. The van der Waals surface area contributed by atoms with E-state index in [2.05, 4.69) is 9.97 Å². The Labute approximate surface area is 154 Å². The summed E-state index contributed by atoms with van der Waals surface area (Å²) in [5.41, 5.74) is 5.80. The van der Waals surface area contributed by atoms with Gasteiger partial charge in [0.1, 0.15) is 0 Å². The van der Waals surface area contributed by atoms with E-state index in [1.54, 1.807) is 12.5 Å². The van der Waals surface area contributed by atoms with Gasteiger partial charge in [-0.2, -0.15) is 0 Å². The van der Waals surface area contributed by atoms with Crippen molar-refractivity contribution >= 4 is 22.2 Å². The molecule has 0 aliphatic rings. The van der Waals surface area contributed by atoms with Gasteiger partial charge in [0.2, 0.25) is 5.43 Å². The van der Waals surface area contributed by atoms with Crippen LogP contribution < -0.4 is 5.43 Å². The molecular weight excluding hydrogens is 338 g/mol. The normalized spacial score (nSPS) is 11.3. The van der Waals surface area contributed by atoms with Crippen molar-refractivity contribution in [1.29, 1.82) is 0 Å². The minimum atomic E-state index is -0.154. The molecule has 0 saturated carbocycles. The van der Waals surface area contributed by atoms with Crippen molar-refractivity contribution in [3.63, 3.8) is 0 Å². The molecule has 0 bridgehead atoms. The number of benzene rings is 2. The summed E-state index contributed by atoms with van der Waals surface area (Å²) in [7, 11) is 1.95. The Morgan fingerprint density at radius 2 is 1.74 bits per heavy atom. The Morgan fingerprint density at radius 3 is 2.59 bits per heavy atom. The van der Waals surface area contributed by atoms with Gasteiger partial charge < -0.3 is 9.55 Å². The maximum atomic E-state index is 12.3. The van der Waals surface area contributed by atoms with Crippen molar-refractivity contribution in [1.82, 2.24) is 24.5 Å². The monoisotopic (exact) mass is 353 g/mol. The molecule has 0 radical (unpaired) electrons. The van der Waals surface area contributed by atoms with Gasteiger partial charge in [0.15, 0.2) is 11.2 Å². The maximum Gasteiger partial charge on any atom is 0.209 e. The highest BCUT2D eigenvalue weighted by molar-refractivity contribution is 5.88. The van der Waals surface area contributed by atoms with Crippen LogP contribution in [0.3, 0.4) is 0 Å². The number of hydrogen-bond donors (Lipinski definition) is 1. The minimum Gasteiger partial charge on any atom is -0.345 e. The number of aryl methyl sites for hydroxylation is 1. The van der Waals surface area contributed by atoms with Crippen molar-refractivity contribution in [3.8, 4) is 22.5 Å². The summed E-state index contributed by atoms with van der Waals surface area (Å²) in [4.78, 5) is 29.1. The SMILES string of the molecule is Cn1cnc2ccc(-c3nc4c(=O)cc[nH]c4nc3-c3ccccc3)cc21. The molecule has 5 aromatic rings. The number of hydrogen-bond acceptors (Lipinski definition) is 4. The van der Waals surface area contributed by atoms with Gasteiger partial charge >= 0.3 is 0 Å². The van der Waals surface area contributed by atoms with E-state index in [0.29, 0.717) is 16.9 Å². The Balaban J connectivity index is 1.86. The number of pyridine rings is 1. The summed E-state index contributed by atoms with van der Waals surface area (Å²) >= 11 is 0. The Kier molecular flexibility index (Phi) is 3.36. The summed E-state index contributed by atoms with van der Waals surface area (Å²) < 4.78 is 1.96. The molecule has 5 rings (SSSR count). The fourth-order valence-electron chi connectivity index (χ4n) is 3.26. The van der Waals surface area contributed by atoms with Crippen molar-refractivity contribution in [2.24, 2.45) is 7.05 Å². The minimum absolute atomic E-state index is 0.154. The molecule has 3 aromatic heterocycles. The Hall–Kier alpha value is -3.80. The summed E-state index contributed by atoms with van der Waals surface area (Å²) in [5.74, 6) is 0. The lowest BCUT2D eigenvalue weighted by Crippen LogP contribution is -2.06. The largest absolute Gasteiger partial charge is 0.345 e. The summed E-state index contributed by atoms with van der Waals surface area (Å²) in [6.07, 6.45) is 3.37. The van der Waals surface area contributed by atoms with Crippen LogP contribution in [-0.2, 0) is 7.05 Å². The van der Waals surface area contributed by atoms with E-state index in [9.17, 15) is 4.79 Å². The van der Waals surface area contributed by atoms with Crippen LogP contribution in [0.1, 0.15) is 0 Å². The van der Waals surface area contributed by atoms with E-state index in [1.807, 2.05) is 60.1 Å². The quantitative estimate of drug-likeness (QED) is 0.527. The first kappa shape index (κ1) is 15.5. The van der Waals surface area contributed by atoms with Gasteiger partial charge in [-0.05, 0) is 12.1 Å². The fourth-order valence-corrected chi connectivity index (χ4v) is 3.26. The number of aromatic nitrogens is 5. The van der Waals surface area contributed by atoms with Crippen LogP contribution >= 0.6 is 0 Å². The zero-order chi connectivity index (χ0) is 18.4. The number of rotatable bonds is 2. The maximum absolute atomic E-state index is 12.3. The van der Waals surface area contributed by atoms with Crippen molar-refractivity contribution < 1.29 is 0 Å². The van der Waals surface area contributed by atoms with Crippen LogP contribution in [0.5, 0.6) is 0 Å². The van der Waals surface area contributed by atoms with E-state index in [0.717, 1.165) is 27.9 Å². The van der Waals surface area contributed by atoms with Gasteiger partial charge in [-0.15, -0.1) is 0 Å². The molecule has 6 nitrogen and oxygen atoms in total. The molecule has 3 heterocycles. The predicted octanol–water partition coefficient (Wildman–Crippen LogP) is 3.54. The van der Waals surface area contributed by atoms with Gasteiger partial charge in [0.05, 0.1) is 28.7 Å². The summed E-state index contributed by atoms with van der Waals surface area (Å²) in [6, 6.07) is 17.3. The second-order valence-electron chi connectivity index (χ2n) is 6.38.